The van der Waals surface area contributed by atoms with Crippen LogP contribution >= 0.6 is 0 Å². The van der Waals surface area contributed by atoms with E-state index in [9.17, 15) is 8.42 Å². The van der Waals surface area contributed by atoms with Gasteiger partial charge in [-0.2, -0.15) is 0 Å². The van der Waals surface area contributed by atoms with Gasteiger partial charge < -0.3 is 4.74 Å². The van der Waals surface area contributed by atoms with Crippen LogP contribution in [0.3, 0.4) is 0 Å². The van der Waals surface area contributed by atoms with E-state index in [1.54, 1.807) is 25.3 Å². The molecule has 0 aromatic heterocycles. The fourth-order valence-corrected chi connectivity index (χ4v) is 2.38. The maximum atomic E-state index is 11.5. The third-order valence-corrected chi connectivity index (χ3v) is 3.72. The first kappa shape index (κ1) is 11.2. The number of ether oxygens (including phenoxy) is 1. The van der Waals surface area contributed by atoms with Crippen LogP contribution in [0.2, 0.25) is 0 Å². The van der Waals surface area contributed by atoms with E-state index in [4.69, 9.17) is 4.74 Å². The first-order valence-corrected chi connectivity index (χ1v) is 6.00. The minimum atomic E-state index is -3.16. The fourth-order valence-electron chi connectivity index (χ4n) is 1.24. The van der Waals surface area contributed by atoms with E-state index in [1.807, 2.05) is 0 Å². The van der Waals surface area contributed by atoms with Crippen molar-refractivity contribution in [3.63, 3.8) is 0 Å². The van der Waals surface area contributed by atoms with Gasteiger partial charge in [0, 0.05) is 7.11 Å². The van der Waals surface area contributed by atoms with Gasteiger partial charge in [-0.3, -0.25) is 0 Å². The molecule has 0 radical (unpaired) electrons. The van der Waals surface area contributed by atoms with Crippen molar-refractivity contribution in [2.45, 2.75) is 12.5 Å². The Morgan fingerprint density at radius 2 is 2.43 bits per heavy atom. The number of methoxy groups -OCH3 is 1. The molecule has 0 aromatic carbocycles. The third kappa shape index (κ3) is 2.56. The Kier molecular flexibility index (Phi) is 3.66. The van der Waals surface area contributed by atoms with Crippen LogP contribution in [0.15, 0.2) is 35.8 Å². The lowest BCUT2D eigenvalue weighted by atomic mass is 10.1. The zero-order valence-corrected chi connectivity index (χ0v) is 8.96. The Balaban J connectivity index is 2.79. The molecule has 0 heterocycles. The molecule has 3 nitrogen and oxygen atoms in total. The molecule has 0 aliphatic heterocycles. The molecule has 1 aliphatic carbocycles. The van der Waals surface area contributed by atoms with Crippen LogP contribution in [0.25, 0.3) is 0 Å². The summed E-state index contributed by atoms with van der Waals surface area (Å²) in [5.74, 6) is -0.0131. The summed E-state index contributed by atoms with van der Waals surface area (Å²) in [4.78, 5) is 0.366. The van der Waals surface area contributed by atoms with Gasteiger partial charge in [0.1, 0.15) is 0 Å². The van der Waals surface area contributed by atoms with Crippen molar-refractivity contribution in [3.8, 4) is 0 Å². The number of allylic oxidation sites excluding steroid dienone is 1. The Bertz CT molecular complexity index is 363. The Morgan fingerprint density at radius 3 is 2.86 bits per heavy atom. The van der Waals surface area contributed by atoms with Crippen molar-refractivity contribution < 1.29 is 13.2 Å². The van der Waals surface area contributed by atoms with Gasteiger partial charge in [-0.15, -0.1) is 6.58 Å². The molecular formula is C10H14O3S. The summed E-state index contributed by atoms with van der Waals surface area (Å²) in [5, 5.41) is 0. The van der Waals surface area contributed by atoms with Gasteiger partial charge in [-0.1, -0.05) is 18.2 Å². The van der Waals surface area contributed by atoms with Crippen LogP contribution in [0, 0.1) is 0 Å². The molecule has 0 saturated carbocycles. The van der Waals surface area contributed by atoms with Crippen LogP contribution in [-0.2, 0) is 14.6 Å². The SMILES string of the molecule is C=CCS(=O)(=O)C1=CCC(OC)C=C1. The smallest absolute Gasteiger partial charge is 0.181 e. The molecule has 0 aromatic rings. The molecule has 0 bridgehead atoms. The van der Waals surface area contributed by atoms with Gasteiger partial charge in [-0.25, -0.2) is 8.42 Å². The normalized spacial score (nSPS) is 21.8. The molecule has 0 amide bonds. The highest BCUT2D eigenvalue weighted by atomic mass is 32.2. The van der Waals surface area contributed by atoms with Crippen molar-refractivity contribution in [1.29, 1.82) is 0 Å². The van der Waals surface area contributed by atoms with Crippen LogP contribution in [-0.4, -0.2) is 27.4 Å². The second-order valence-corrected chi connectivity index (χ2v) is 5.08. The van der Waals surface area contributed by atoms with Gasteiger partial charge in [0.05, 0.1) is 16.8 Å². The van der Waals surface area contributed by atoms with Gasteiger partial charge in [-0.05, 0) is 12.5 Å². The lowest BCUT2D eigenvalue weighted by Crippen LogP contribution is -2.13. The predicted molar refractivity (Wildman–Crippen MR) is 56.6 cm³/mol. The van der Waals surface area contributed by atoms with E-state index in [2.05, 4.69) is 6.58 Å². The maximum absolute atomic E-state index is 11.5. The lowest BCUT2D eigenvalue weighted by molar-refractivity contribution is 0.142. The van der Waals surface area contributed by atoms with Crippen molar-refractivity contribution in [3.05, 3.63) is 35.8 Å². The topological polar surface area (TPSA) is 43.4 Å². The molecule has 0 fully saturated rings. The van der Waals surface area contributed by atoms with Gasteiger partial charge in [0.15, 0.2) is 9.84 Å². The van der Waals surface area contributed by atoms with Gasteiger partial charge in [0.2, 0.25) is 0 Å². The average Bonchev–Trinajstić information content (AvgIpc) is 2.18. The second kappa shape index (κ2) is 4.57. The fraction of sp³-hybridized carbons (Fsp3) is 0.400. The highest BCUT2D eigenvalue weighted by Crippen LogP contribution is 2.18. The number of sulfone groups is 1. The van der Waals surface area contributed by atoms with E-state index in [-0.39, 0.29) is 11.9 Å². The number of hydrogen-bond donors (Lipinski definition) is 0. The summed E-state index contributed by atoms with van der Waals surface area (Å²) in [5.41, 5.74) is 0. The molecule has 0 N–H and O–H groups in total. The first-order chi connectivity index (χ1) is 6.60. The highest BCUT2D eigenvalue weighted by molar-refractivity contribution is 7.95. The third-order valence-electron chi connectivity index (χ3n) is 2.03. The molecule has 1 rings (SSSR count). The summed E-state index contributed by atoms with van der Waals surface area (Å²) in [6.07, 6.45) is 7.04. The van der Waals surface area contributed by atoms with E-state index < -0.39 is 9.84 Å². The molecule has 1 atom stereocenters. The van der Waals surface area contributed by atoms with Crippen molar-refractivity contribution in [2.75, 3.05) is 12.9 Å². The number of hydrogen-bond acceptors (Lipinski definition) is 3. The maximum Gasteiger partial charge on any atom is 0.181 e. The Hall–Kier alpha value is -0.870. The molecule has 1 unspecified atom stereocenters. The van der Waals surface area contributed by atoms with Crippen molar-refractivity contribution in [2.24, 2.45) is 0 Å². The largest absolute Gasteiger partial charge is 0.377 e. The minimum absolute atomic E-state index is 0.00215. The molecule has 1 aliphatic rings. The van der Waals surface area contributed by atoms with E-state index in [0.717, 1.165) is 0 Å². The molecule has 0 spiro atoms. The zero-order chi connectivity index (χ0) is 10.6. The summed E-state index contributed by atoms with van der Waals surface area (Å²) in [6, 6.07) is 0. The second-order valence-electron chi connectivity index (χ2n) is 3.05. The molecular weight excluding hydrogens is 200 g/mol. The van der Waals surface area contributed by atoms with Crippen molar-refractivity contribution in [1.82, 2.24) is 0 Å². The lowest BCUT2D eigenvalue weighted by Gasteiger charge is -2.14. The standard InChI is InChI=1S/C10H14O3S/c1-3-8-14(11,12)10-6-4-9(13-2)5-7-10/h3-4,6-7,9H,1,5,8H2,2H3. The first-order valence-electron chi connectivity index (χ1n) is 4.35. The number of rotatable bonds is 4. The van der Waals surface area contributed by atoms with E-state index >= 15 is 0 Å². The Morgan fingerprint density at radius 1 is 1.71 bits per heavy atom. The van der Waals surface area contributed by atoms with Crippen molar-refractivity contribution >= 4 is 9.84 Å². The van der Waals surface area contributed by atoms with E-state index in [1.165, 1.54) is 6.08 Å². The summed E-state index contributed by atoms with van der Waals surface area (Å²) in [7, 11) is -1.56. The van der Waals surface area contributed by atoms with Crippen LogP contribution in [0.4, 0.5) is 0 Å². The summed E-state index contributed by atoms with van der Waals surface area (Å²) >= 11 is 0. The molecule has 4 heteroatoms. The van der Waals surface area contributed by atoms with Crippen LogP contribution < -0.4 is 0 Å². The van der Waals surface area contributed by atoms with Gasteiger partial charge >= 0.3 is 0 Å². The quantitative estimate of drug-likeness (QED) is 0.665. The average molecular weight is 214 g/mol. The molecule has 78 valence electrons. The van der Waals surface area contributed by atoms with Crippen LogP contribution in [0.5, 0.6) is 0 Å². The van der Waals surface area contributed by atoms with Gasteiger partial charge in [0.25, 0.3) is 0 Å². The highest BCUT2D eigenvalue weighted by Gasteiger charge is 2.17. The summed E-state index contributed by atoms with van der Waals surface area (Å²) < 4.78 is 28.2. The molecule has 14 heavy (non-hydrogen) atoms. The predicted octanol–water partition coefficient (Wildman–Crippen LogP) is 1.45. The zero-order valence-electron chi connectivity index (χ0n) is 8.14. The minimum Gasteiger partial charge on any atom is -0.377 e. The van der Waals surface area contributed by atoms with E-state index in [0.29, 0.717) is 11.3 Å². The van der Waals surface area contributed by atoms with Crippen LogP contribution in [0.1, 0.15) is 6.42 Å². The summed E-state index contributed by atoms with van der Waals surface area (Å²) in [6.45, 7) is 3.42. The Labute approximate surface area is 84.7 Å². The molecule has 0 saturated heterocycles. The monoisotopic (exact) mass is 214 g/mol.